The second kappa shape index (κ2) is 8.38. The normalized spacial score (nSPS) is 32.5. The van der Waals surface area contributed by atoms with Crippen molar-refractivity contribution >= 4 is 21.8 Å². The Morgan fingerprint density at radius 1 is 1.00 bits per heavy atom. The molecule has 1 heterocycles. The van der Waals surface area contributed by atoms with E-state index in [0.29, 0.717) is 18.7 Å². The summed E-state index contributed by atoms with van der Waals surface area (Å²) in [7, 11) is -3.72. The van der Waals surface area contributed by atoms with Crippen molar-refractivity contribution in [2.75, 3.05) is 26.2 Å². The van der Waals surface area contributed by atoms with Crippen molar-refractivity contribution in [1.29, 1.82) is 0 Å². The molecule has 33 heavy (non-hydrogen) atoms. The molecule has 7 nitrogen and oxygen atoms in total. The fourth-order valence-electron chi connectivity index (χ4n) is 7.33. The zero-order valence-electron chi connectivity index (χ0n) is 19.6. The van der Waals surface area contributed by atoms with Gasteiger partial charge in [0.25, 0.3) is 5.91 Å². The van der Waals surface area contributed by atoms with Crippen molar-refractivity contribution in [1.82, 2.24) is 14.5 Å². The highest BCUT2D eigenvalue weighted by Gasteiger charge is 2.53. The van der Waals surface area contributed by atoms with Gasteiger partial charge >= 0.3 is 0 Å². The Morgan fingerprint density at radius 3 is 2.12 bits per heavy atom. The standard InChI is InChI=1S/C25H35N3O4S/c1-17(25-14-19-10-20(15-25)12-21(11-19)16-25)26-24(30)22-4-3-5-23(13-22)33(31,32)28-8-6-27(7-9-28)18(2)29/h3-5,13,17,19-21H,6-12,14-16H2,1-2H3,(H,26,30). The molecule has 1 saturated heterocycles. The van der Waals surface area contributed by atoms with Gasteiger partial charge in [0.15, 0.2) is 0 Å². The summed E-state index contributed by atoms with van der Waals surface area (Å²) in [6, 6.07) is 6.45. The third kappa shape index (κ3) is 4.20. The van der Waals surface area contributed by atoms with Crippen LogP contribution in [0.15, 0.2) is 29.2 Å². The van der Waals surface area contributed by atoms with E-state index in [-0.39, 0.29) is 41.3 Å². The average Bonchev–Trinajstić information content (AvgIpc) is 2.78. The van der Waals surface area contributed by atoms with Crippen LogP contribution < -0.4 is 5.32 Å². The third-order valence-electron chi connectivity index (χ3n) is 8.77. The number of benzene rings is 1. The SMILES string of the molecule is CC(=O)N1CCN(S(=O)(=O)c2cccc(C(=O)NC(C)C34CC5CC(CC(C5)C3)C4)c2)CC1. The van der Waals surface area contributed by atoms with E-state index in [2.05, 4.69) is 12.2 Å². The fraction of sp³-hybridized carbons (Fsp3) is 0.680. The van der Waals surface area contributed by atoms with Crippen molar-refractivity contribution in [2.45, 2.75) is 63.3 Å². The predicted molar refractivity (Wildman–Crippen MR) is 125 cm³/mol. The summed E-state index contributed by atoms with van der Waals surface area (Å²) < 4.78 is 27.8. The first-order valence-electron chi connectivity index (χ1n) is 12.3. The van der Waals surface area contributed by atoms with Crippen LogP contribution in [0.2, 0.25) is 0 Å². The number of piperazine rings is 1. The summed E-state index contributed by atoms with van der Waals surface area (Å²) >= 11 is 0. The van der Waals surface area contributed by atoms with E-state index in [4.69, 9.17) is 0 Å². The number of carbonyl (C=O) groups excluding carboxylic acids is 2. The molecule has 1 N–H and O–H groups in total. The lowest BCUT2D eigenvalue weighted by molar-refractivity contribution is -0.129. The van der Waals surface area contributed by atoms with Crippen molar-refractivity contribution in [2.24, 2.45) is 23.2 Å². The highest BCUT2D eigenvalue weighted by Crippen LogP contribution is 2.61. The van der Waals surface area contributed by atoms with E-state index < -0.39 is 10.0 Å². The van der Waals surface area contributed by atoms with Gasteiger partial charge in [-0.25, -0.2) is 8.42 Å². The number of carbonyl (C=O) groups is 2. The van der Waals surface area contributed by atoms with Crippen molar-refractivity contribution in [3.8, 4) is 0 Å². The van der Waals surface area contributed by atoms with E-state index in [1.54, 1.807) is 23.1 Å². The second-order valence-electron chi connectivity index (χ2n) is 10.9. The zero-order chi connectivity index (χ0) is 23.4. The van der Waals surface area contributed by atoms with Gasteiger partial charge in [0.05, 0.1) is 4.90 Å². The molecule has 1 aliphatic heterocycles. The van der Waals surface area contributed by atoms with Crippen LogP contribution in [0.5, 0.6) is 0 Å². The minimum Gasteiger partial charge on any atom is -0.349 e. The highest BCUT2D eigenvalue weighted by molar-refractivity contribution is 7.89. The van der Waals surface area contributed by atoms with Crippen LogP contribution in [0.3, 0.4) is 0 Å². The fourth-order valence-corrected chi connectivity index (χ4v) is 8.80. The molecule has 2 amide bonds. The molecule has 1 aromatic carbocycles. The Kier molecular flexibility index (Phi) is 5.80. The summed E-state index contributed by atoms with van der Waals surface area (Å²) in [4.78, 5) is 26.5. The molecule has 0 radical (unpaired) electrons. The molecule has 6 rings (SSSR count). The highest BCUT2D eigenvalue weighted by atomic mass is 32.2. The number of nitrogens with zero attached hydrogens (tertiary/aromatic N) is 2. The summed E-state index contributed by atoms with van der Waals surface area (Å²) in [5.74, 6) is 2.20. The van der Waals surface area contributed by atoms with Crippen LogP contribution in [-0.2, 0) is 14.8 Å². The molecule has 1 aromatic rings. The summed E-state index contributed by atoms with van der Waals surface area (Å²) in [5.41, 5.74) is 0.583. The van der Waals surface area contributed by atoms with Crippen molar-refractivity contribution < 1.29 is 18.0 Å². The van der Waals surface area contributed by atoms with Gasteiger partial charge in [-0.15, -0.1) is 0 Å². The molecule has 4 aliphatic carbocycles. The Balaban J connectivity index is 1.28. The number of nitrogens with one attached hydrogen (secondary N) is 1. The molecule has 0 spiro atoms. The molecule has 8 heteroatoms. The van der Waals surface area contributed by atoms with Gasteiger partial charge in [-0.3, -0.25) is 9.59 Å². The van der Waals surface area contributed by atoms with E-state index >= 15 is 0 Å². The summed E-state index contributed by atoms with van der Waals surface area (Å²) in [6.45, 7) is 4.94. The van der Waals surface area contributed by atoms with Crippen LogP contribution in [0.4, 0.5) is 0 Å². The lowest BCUT2D eigenvalue weighted by atomic mass is 9.48. The summed E-state index contributed by atoms with van der Waals surface area (Å²) in [5, 5.41) is 3.24. The van der Waals surface area contributed by atoms with Gasteiger partial charge in [0, 0.05) is 44.7 Å². The number of rotatable bonds is 5. The molecule has 5 fully saturated rings. The smallest absolute Gasteiger partial charge is 0.251 e. The molecule has 4 saturated carbocycles. The molecule has 1 unspecified atom stereocenters. The van der Waals surface area contributed by atoms with Gasteiger partial charge in [-0.2, -0.15) is 4.31 Å². The van der Waals surface area contributed by atoms with Gasteiger partial charge < -0.3 is 10.2 Å². The first-order chi connectivity index (χ1) is 15.7. The Hall–Kier alpha value is -1.93. The van der Waals surface area contributed by atoms with Crippen LogP contribution in [0, 0.1) is 23.2 Å². The van der Waals surface area contributed by atoms with E-state index in [9.17, 15) is 18.0 Å². The maximum absolute atomic E-state index is 13.2. The third-order valence-corrected chi connectivity index (χ3v) is 10.7. The molecule has 180 valence electrons. The first-order valence-corrected chi connectivity index (χ1v) is 13.8. The van der Waals surface area contributed by atoms with Gasteiger partial charge in [-0.05, 0) is 86.8 Å². The Labute approximate surface area is 196 Å². The van der Waals surface area contributed by atoms with E-state index in [0.717, 1.165) is 17.8 Å². The number of hydrogen-bond donors (Lipinski definition) is 1. The number of sulfonamides is 1. The number of amides is 2. The van der Waals surface area contributed by atoms with Crippen LogP contribution in [-0.4, -0.2) is 61.7 Å². The monoisotopic (exact) mass is 473 g/mol. The van der Waals surface area contributed by atoms with Gasteiger partial charge in [-0.1, -0.05) is 6.07 Å². The molecular formula is C25H35N3O4S. The minimum atomic E-state index is -3.72. The van der Waals surface area contributed by atoms with Crippen LogP contribution in [0.25, 0.3) is 0 Å². The lowest BCUT2D eigenvalue weighted by Gasteiger charge is -2.59. The topological polar surface area (TPSA) is 86.8 Å². The Bertz CT molecular complexity index is 1010. The molecule has 4 bridgehead atoms. The number of hydrogen-bond acceptors (Lipinski definition) is 4. The van der Waals surface area contributed by atoms with E-state index in [1.807, 2.05) is 0 Å². The van der Waals surface area contributed by atoms with Crippen LogP contribution >= 0.6 is 0 Å². The largest absolute Gasteiger partial charge is 0.349 e. The maximum Gasteiger partial charge on any atom is 0.251 e. The molecule has 0 aromatic heterocycles. The molecule has 1 atom stereocenters. The maximum atomic E-state index is 13.2. The van der Waals surface area contributed by atoms with Crippen molar-refractivity contribution in [3.63, 3.8) is 0 Å². The van der Waals surface area contributed by atoms with Crippen molar-refractivity contribution in [3.05, 3.63) is 29.8 Å². The van der Waals surface area contributed by atoms with Gasteiger partial charge in [0.1, 0.15) is 0 Å². The minimum absolute atomic E-state index is 0.0427. The van der Waals surface area contributed by atoms with Crippen LogP contribution in [0.1, 0.15) is 62.7 Å². The molecular weight excluding hydrogens is 438 g/mol. The first kappa shape index (κ1) is 22.8. The predicted octanol–water partition coefficient (Wildman–Crippen LogP) is 2.87. The average molecular weight is 474 g/mol. The zero-order valence-corrected chi connectivity index (χ0v) is 20.4. The summed E-state index contributed by atoms with van der Waals surface area (Å²) in [6.07, 6.45) is 7.71. The lowest BCUT2D eigenvalue weighted by Crippen LogP contribution is -2.55. The quantitative estimate of drug-likeness (QED) is 0.712. The van der Waals surface area contributed by atoms with Gasteiger partial charge in [0.2, 0.25) is 15.9 Å². The Morgan fingerprint density at radius 2 is 1.58 bits per heavy atom. The molecule has 5 aliphatic rings. The second-order valence-corrected chi connectivity index (χ2v) is 12.9. The van der Waals surface area contributed by atoms with E-state index in [1.165, 1.54) is 55.8 Å².